The van der Waals surface area contributed by atoms with E-state index in [1.165, 1.54) is 38.6 Å². The van der Waals surface area contributed by atoms with Crippen molar-refractivity contribution in [2.75, 3.05) is 17.6 Å². The fourth-order valence-corrected chi connectivity index (χ4v) is 2.60. The number of halogens is 1. The van der Waals surface area contributed by atoms with Crippen LogP contribution in [0.15, 0.2) is 55.3 Å². The second-order valence-corrected chi connectivity index (χ2v) is 7.46. The molecule has 0 atom stereocenters. The van der Waals surface area contributed by atoms with Crippen LogP contribution in [0.25, 0.3) is 11.6 Å². The van der Waals surface area contributed by atoms with E-state index in [-0.39, 0.29) is 45.6 Å². The highest BCUT2D eigenvalue weighted by molar-refractivity contribution is 7.92. The zero-order valence-electron chi connectivity index (χ0n) is 19.2. The van der Waals surface area contributed by atoms with Gasteiger partial charge in [0.25, 0.3) is 0 Å². The van der Waals surface area contributed by atoms with Gasteiger partial charge in [0.05, 0.1) is 12.9 Å². The van der Waals surface area contributed by atoms with Crippen molar-refractivity contribution < 1.29 is 17.9 Å². The molecule has 0 aromatic carbocycles. The van der Waals surface area contributed by atoms with Gasteiger partial charge in [-0.2, -0.15) is 0 Å². The van der Waals surface area contributed by atoms with E-state index in [4.69, 9.17) is 21.1 Å². The fourth-order valence-electron chi connectivity index (χ4n) is 1.82. The van der Waals surface area contributed by atoms with Gasteiger partial charge >= 0.3 is 0 Å². The average molecular weight is 484 g/mol. The number of ether oxygens (including phenoxy) is 2. The highest BCUT2D eigenvalue weighted by atomic mass is 35.5. The number of nitrogens with zero attached hydrogens (tertiary/aromatic N) is 4. The average Bonchev–Trinajstić information content (AvgIpc) is 2.82. The Balaban J connectivity index is 0.00000227. The smallest absolute Gasteiger partial charge is 0.233 e. The minimum absolute atomic E-state index is 0.0200. The van der Waals surface area contributed by atoms with E-state index < -0.39 is 10.0 Å². The third kappa shape index (κ3) is 8.64. The summed E-state index contributed by atoms with van der Waals surface area (Å²) in [7, 11) is -2.30. The van der Waals surface area contributed by atoms with Crippen molar-refractivity contribution in [3.8, 4) is 17.4 Å². The van der Waals surface area contributed by atoms with Gasteiger partial charge in [0.1, 0.15) is 0 Å². The Morgan fingerprint density at radius 2 is 1.75 bits per heavy atom. The molecular weight excluding hydrogens is 454 g/mol. The van der Waals surface area contributed by atoms with Gasteiger partial charge in [-0.1, -0.05) is 58.5 Å². The van der Waals surface area contributed by atoms with Gasteiger partial charge in [0.2, 0.25) is 21.6 Å². The van der Waals surface area contributed by atoms with Crippen molar-refractivity contribution in [1.82, 2.24) is 19.9 Å². The number of sulfonamides is 1. The SMILES string of the molecule is C=C/C=C(/Oc1c(Cl)nc(-c2ncccn2)nc1NS(=O)(=O)CC)C(=C)OC.CC.CC. The third-order valence-corrected chi connectivity index (χ3v) is 4.75. The lowest BCUT2D eigenvalue weighted by Crippen LogP contribution is -2.17. The number of methoxy groups -OCH3 is 1. The van der Waals surface area contributed by atoms with Crippen LogP contribution < -0.4 is 9.46 Å². The summed E-state index contributed by atoms with van der Waals surface area (Å²) < 4.78 is 37.3. The van der Waals surface area contributed by atoms with Crippen LogP contribution in [-0.4, -0.2) is 41.2 Å². The van der Waals surface area contributed by atoms with Gasteiger partial charge in [-0.15, -0.1) is 0 Å². The molecule has 0 aliphatic heterocycles. The van der Waals surface area contributed by atoms with Crippen LogP contribution in [0.1, 0.15) is 34.6 Å². The molecular formula is C21H30ClN5O4S. The van der Waals surface area contributed by atoms with E-state index >= 15 is 0 Å². The molecule has 2 heterocycles. The van der Waals surface area contributed by atoms with Crippen molar-refractivity contribution >= 4 is 27.4 Å². The molecule has 0 saturated heterocycles. The molecule has 11 heteroatoms. The summed E-state index contributed by atoms with van der Waals surface area (Å²) in [4.78, 5) is 16.4. The number of allylic oxidation sites excluding steroid dienone is 2. The number of nitrogens with one attached hydrogen (secondary N) is 1. The molecule has 0 spiro atoms. The summed E-state index contributed by atoms with van der Waals surface area (Å²) in [5, 5.41) is -0.162. The largest absolute Gasteiger partial charge is 0.493 e. The second-order valence-electron chi connectivity index (χ2n) is 5.09. The number of hydrogen-bond donors (Lipinski definition) is 1. The van der Waals surface area contributed by atoms with Crippen molar-refractivity contribution in [3.63, 3.8) is 0 Å². The molecule has 32 heavy (non-hydrogen) atoms. The second kappa shape index (κ2) is 14.9. The maximum atomic E-state index is 12.1. The van der Waals surface area contributed by atoms with Crippen molar-refractivity contribution in [2.24, 2.45) is 0 Å². The molecule has 0 radical (unpaired) electrons. The van der Waals surface area contributed by atoms with Gasteiger partial charge in [-0.25, -0.2) is 28.4 Å². The zero-order valence-corrected chi connectivity index (χ0v) is 20.8. The Morgan fingerprint density at radius 3 is 2.25 bits per heavy atom. The molecule has 0 bridgehead atoms. The van der Waals surface area contributed by atoms with Crippen LogP contribution in [0.2, 0.25) is 5.15 Å². The van der Waals surface area contributed by atoms with E-state index in [0.717, 1.165) is 0 Å². The van der Waals surface area contributed by atoms with Crippen LogP contribution in [0.3, 0.4) is 0 Å². The molecule has 0 aliphatic carbocycles. The van der Waals surface area contributed by atoms with Gasteiger partial charge in [-0.3, -0.25) is 4.72 Å². The van der Waals surface area contributed by atoms with Crippen LogP contribution in [0.5, 0.6) is 5.75 Å². The fraction of sp³-hybridized carbons (Fsp3) is 0.333. The highest BCUT2D eigenvalue weighted by Gasteiger charge is 2.22. The number of hydrogen-bond acceptors (Lipinski definition) is 8. The predicted octanol–water partition coefficient (Wildman–Crippen LogP) is 5.01. The molecule has 1 N–H and O–H groups in total. The highest BCUT2D eigenvalue weighted by Crippen LogP contribution is 2.35. The van der Waals surface area contributed by atoms with Crippen LogP contribution >= 0.6 is 11.6 Å². The molecule has 9 nitrogen and oxygen atoms in total. The number of anilines is 1. The first-order chi connectivity index (χ1) is 15.3. The van der Waals surface area contributed by atoms with E-state index in [1.807, 2.05) is 27.7 Å². The van der Waals surface area contributed by atoms with Gasteiger partial charge < -0.3 is 9.47 Å². The quantitative estimate of drug-likeness (QED) is 0.300. The lowest BCUT2D eigenvalue weighted by Gasteiger charge is -2.16. The minimum atomic E-state index is -3.70. The summed E-state index contributed by atoms with van der Waals surface area (Å²) in [6.45, 7) is 16.8. The van der Waals surface area contributed by atoms with Crippen molar-refractivity contribution in [2.45, 2.75) is 34.6 Å². The third-order valence-electron chi connectivity index (χ3n) is 3.22. The van der Waals surface area contributed by atoms with Gasteiger partial charge in [0.15, 0.2) is 28.3 Å². The van der Waals surface area contributed by atoms with E-state index in [9.17, 15) is 8.42 Å². The standard InChI is InChI=1S/C17H18ClN5O4S.2C2H6/c1-5-8-12(11(3)26-4)27-13-14(18)21-17(16-19-9-7-10-20-16)22-15(13)23-28(24,25)6-2;2*1-2/h5,7-10H,1,3,6H2,2,4H3,(H,21,22,23);2*1-2H3/b12-8+;;. The zero-order chi connectivity index (χ0) is 24.7. The predicted molar refractivity (Wildman–Crippen MR) is 129 cm³/mol. The minimum Gasteiger partial charge on any atom is -0.493 e. The lowest BCUT2D eigenvalue weighted by molar-refractivity contribution is 0.264. The summed E-state index contributed by atoms with van der Waals surface area (Å²) in [6.07, 6.45) is 5.89. The normalized spacial score (nSPS) is 10.5. The van der Waals surface area contributed by atoms with E-state index in [0.29, 0.717) is 0 Å². The topological polar surface area (TPSA) is 116 Å². The summed E-state index contributed by atoms with van der Waals surface area (Å²) >= 11 is 6.26. The Kier molecular flexibility index (Phi) is 13.5. The molecule has 0 fully saturated rings. The summed E-state index contributed by atoms with van der Waals surface area (Å²) in [5.41, 5.74) is 0. The Labute approximate surface area is 195 Å². The maximum Gasteiger partial charge on any atom is 0.233 e. The Morgan fingerprint density at radius 1 is 1.16 bits per heavy atom. The summed E-state index contributed by atoms with van der Waals surface area (Å²) in [5.74, 6) is -0.0133. The first-order valence-corrected chi connectivity index (χ1v) is 11.9. The van der Waals surface area contributed by atoms with E-state index in [2.05, 4.69) is 37.8 Å². The Hall–Kier alpha value is -2.98. The van der Waals surface area contributed by atoms with Crippen molar-refractivity contribution in [3.05, 3.63) is 60.4 Å². The number of aromatic nitrogens is 4. The Bertz CT molecular complexity index is 1010. The first kappa shape index (κ1) is 29.0. The van der Waals surface area contributed by atoms with Crippen molar-refractivity contribution in [1.29, 1.82) is 0 Å². The molecule has 2 aromatic heterocycles. The molecule has 0 amide bonds. The number of rotatable bonds is 9. The molecule has 176 valence electrons. The summed E-state index contributed by atoms with van der Waals surface area (Å²) in [6, 6.07) is 1.62. The van der Waals surface area contributed by atoms with Gasteiger partial charge in [-0.05, 0) is 19.1 Å². The molecule has 0 saturated carbocycles. The lowest BCUT2D eigenvalue weighted by atomic mass is 10.3. The van der Waals surface area contributed by atoms with Crippen LogP contribution in [0, 0.1) is 0 Å². The first-order valence-electron chi connectivity index (χ1n) is 9.90. The molecule has 2 rings (SSSR count). The maximum absolute atomic E-state index is 12.1. The monoisotopic (exact) mass is 483 g/mol. The molecule has 0 aliphatic rings. The molecule has 0 unspecified atom stereocenters. The molecule has 2 aromatic rings. The van der Waals surface area contributed by atoms with E-state index in [1.54, 1.807) is 6.07 Å². The van der Waals surface area contributed by atoms with Gasteiger partial charge in [0, 0.05) is 12.4 Å². The van der Waals surface area contributed by atoms with Crippen LogP contribution in [0.4, 0.5) is 5.82 Å². The van der Waals surface area contributed by atoms with Crippen LogP contribution in [-0.2, 0) is 14.8 Å².